The van der Waals surface area contributed by atoms with Crippen LogP contribution in [0.5, 0.6) is 0 Å². The van der Waals surface area contributed by atoms with E-state index in [0.717, 1.165) is 0 Å². The zero-order valence-corrected chi connectivity index (χ0v) is 6.91. The molecule has 14 heavy (non-hydrogen) atoms. The molecule has 0 atom stereocenters. The molecule has 0 saturated heterocycles. The fourth-order valence-electron chi connectivity index (χ4n) is 0.855. The van der Waals surface area contributed by atoms with Crippen LogP contribution >= 0.6 is 0 Å². The number of nitrogens with zero attached hydrogens (tertiary/aromatic N) is 3. The van der Waals surface area contributed by atoms with Gasteiger partial charge in [-0.1, -0.05) is 29.4 Å². The van der Waals surface area contributed by atoms with E-state index in [4.69, 9.17) is 10.6 Å². The zero-order valence-electron chi connectivity index (χ0n) is 6.91. The molecule has 6 heteroatoms. The molecular weight excluding hydrogens is 186 g/mol. The average molecular weight is 191 g/mol. The lowest BCUT2D eigenvalue weighted by Gasteiger charge is -1.95. The van der Waals surface area contributed by atoms with Crippen LogP contribution in [0.2, 0.25) is 0 Å². The topological polar surface area (TPSA) is 103 Å². The number of carboxylic acids is 1. The molecule has 0 aliphatic carbocycles. The predicted molar refractivity (Wildman–Crippen MR) is 47.2 cm³/mol. The Kier molecular flexibility index (Phi) is 2.83. The number of benzene rings is 1. The van der Waals surface area contributed by atoms with Gasteiger partial charge in [-0.3, -0.25) is 4.79 Å². The molecule has 1 N–H and O–H groups in total. The monoisotopic (exact) mass is 191 g/mol. The number of azide groups is 1. The van der Waals surface area contributed by atoms with Crippen LogP contribution in [0.4, 0.5) is 5.69 Å². The van der Waals surface area contributed by atoms with Crippen molar-refractivity contribution in [2.24, 2.45) is 5.11 Å². The van der Waals surface area contributed by atoms with Crippen LogP contribution in [0.3, 0.4) is 0 Å². The summed E-state index contributed by atoms with van der Waals surface area (Å²) in [5.41, 5.74) is 8.46. The quantitative estimate of drug-likeness (QED) is 0.259. The van der Waals surface area contributed by atoms with Crippen molar-refractivity contribution in [1.29, 1.82) is 0 Å². The van der Waals surface area contributed by atoms with Crippen LogP contribution < -0.4 is 0 Å². The van der Waals surface area contributed by atoms with Crippen molar-refractivity contribution in [2.75, 3.05) is 0 Å². The van der Waals surface area contributed by atoms with Gasteiger partial charge in [-0.25, -0.2) is 4.79 Å². The van der Waals surface area contributed by atoms with E-state index < -0.39 is 11.8 Å². The second-order valence-electron chi connectivity index (χ2n) is 2.37. The van der Waals surface area contributed by atoms with Crippen LogP contribution in [0, 0.1) is 0 Å². The molecule has 70 valence electrons. The van der Waals surface area contributed by atoms with Gasteiger partial charge in [0.1, 0.15) is 0 Å². The van der Waals surface area contributed by atoms with Gasteiger partial charge in [0.05, 0.1) is 0 Å². The molecule has 0 aromatic heterocycles. The van der Waals surface area contributed by atoms with Gasteiger partial charge >= 0.3 is 5.97 Å². The Morgan fingerprint density at radius 2 is 1.86 bits per heavy atom. The number of ketones is 1. The molecule has 0 amide bonds. The standard InChI is InChI=1S/C8H5N3O3/c9-11-10-6-3-1-5(2-4-6)7(12)8(13)14/h1-4H,(H,13,14). The Labute approximate surface area is 78.4 Å². The minimum atomic E-state index is -1.51. The molecule has 0 bridgehead atoms. The first-order valence-corrected chi connectivity index (χ1v) is 3.58. The SMILES string of the molecule is [N-]=[N+]=Nc1ccc(C(=O)C(=O)O)cc1. The smallest absolute Gasteiger partial charge is 0.377 e. The van der Waals surface area contributed by atoms with Gasteiger partial charge in [-0.15, -0.1) is 0 Å². The molecule has 1 rings (SSSR count). The number of carbonyl (C=O) groups excluding carboxylic acids is 1. The number of rotatable bonds is 3. The normalized spacial score (nSPS) is 8.86. The van der Waals surface area contributed by atoms with E-state index in [1.807, 2.05) is 0 Å². The van der Waals surface area contributed by atoms with E-state index in [1.165, 1.54) is 24.3 Å². The second kappa shape index (κ2) is 4.06. The summed E-state index contributed by atoms with van der Waals surface area (Å²) in [6.07, 6.45) is 0. The predicted octanol–water partition coefficient (Wildman–Crippen LogP) is 1.90. The van der Waals surface area contributed by atoms with Crippen molar-refractivity contribution in [1.82, 2.24) is 0 Å². The summed E-state index contributed by atoms with van der Waals surface area (Å²) >= 11 is 0. The number of hydrogen-bond acceptors (Lipinski definition) is 3. The second-order valence-corrected chi connectivity index (χ2v) is 2.37. The highest BCUT2D eigenvalue weighted by atomic mass is 16.4. The lowest BCUT2D eigenvalue weighted by Crippen LogP contribution is -2.12. The summed E-state index contributed by atoms with van der Waals surface area (Å²) < 4.78 is 0. The maximum Gasteiger partial charge on any atom is 0.377 e. The molecule has 0 saturated carbocycles. The highest BCUT2D eigenvalue weighted by Gasteiger charge is 2.13. The van der Waals surface area contributed by atoms with Gasteiger partial charge in [-0.05, 0) is 5.53 Å². The molecule has 0 fully saturated rings. The van der Waals surface area contributed by atoms with Crippen molar-refractivity contribution >= 4 is 17.4 Å². The number of aliphatic carboxylic acids is 1. The number of carboxylic acid groups (broad SMARTS) is 1. The molecule has 0 spiro atoms. The maximum absolute atomic E-state index is 10.9. The minimum absolute atomic E-state index is 0.0504. The third-order valence-electron chi connectivity index (χ3n) is 1.48. The van der Waals surface area contributed by atoms with E-state index in [9.17, 15) is 9.59 Å². The van der Waals surface area contributed by atoms with E-state index in [-0.39, 0.29) is 5.56 Å². The fourth-order valence-corrected chi connectivity index (χ4v) is 0.855. The zero-order chi connectivity index (χ0) is 10.6. The van der Waals surface area contributed by atoms with Crippen molar-refractivity contribution in [2.45, 2.75) is 0 Å². The summed E-state index contributed by atoms with van der Waals surface area (Å²) in [6, 6.07) is 5.33. The number of Topliss-reactive ketones (excluding diaryl/α,β-unsaturated/α-hetero) is 1. The highest BCUT2D eigenvalue weighted by Crippen LogP contribution is 2.13. The Balaban J connectivity index is 2.99. The Morgan fingerprint density at radius 3 is 2.29 bits per heavy atom. The third-order valence-corrected chi connectivity index (χ3v) is 1.48. The molecule has 0 unspecified atom stereocenters. The van der Waals surface area contributed by atoms with Crippen molar-refractivity contribution in [3.63, 3.8) is 0 Å². The first-order valence-electron chi connectivity index (χ1n) is 3.58. The summed E-state index contributed by atoms with van der Waals surface area (Å²) in [5, 5.41) is 11.7. The van der Waals surface area contributed by atoms with Crippen LogP contribution in [0.1, 0.15) is 10.4 Å². The van der Waals surface area contributed by atoms with E-state index in [0.29, 0.717) is 5.69 Å². The molecule has 0 heterocycles. The first kappa shape index (κ1) is 9.76. The largest absolute Gasteiger partial charge is 0.475 e. The Hall–Kier alpha value is -2.33. The summed E-state index contributed by atoms with van der Waals surface area (Å²) in [4.78, 5) is 23.7. The molecule has 0 aliphatic rings. The van der Waals surface area contributed by atoms with E-state index >= 15 is 0 Å². The molecule has 1 aromatic rings. The van der Waals surface area contributed by atoms with Gasteiger partial charge in [0, 0.05) is 16.2 Å². The molecule has 0 radical (unpaired) electrons. The Bertz CT molecular complexity index is 418. The van der Waals surface area contributed by atoms with Crippen molar-refractivity contribution in [3.05, 3.63) is 40.3 Å². The molecule has 1 aromatic carbocycles. The third kappa shape index (κ3) is 2.09. The van der Waals surface area contributed by atoms with Crippen LogP contribution in [-0.4, -0.2) is 16.9 Å². The lowest BCUT2D eigenvalue weighted by molar-refractivity contribution is -0.131. The van der Waals surface area contributed by atoms with Crippen LogP contribution in [0.15, 0.2) is 29.4 Å². The number of carbonyl (C=O) groups is 2. The van der Waals surface area contributed by atoms with Gasteiger partial charge < -0.3 is 5.11 Å². The van der Waals surface area contributed by atoms with Crippen LogP contribution in [-0.2, 0) is 4.79 Å². The highest BCUT2D eigenvalue weighted by molar-refractivity contribution is 6.39. The maximum atomic E-state index is 10.9. The van der Waals surface area contributed by atoms with E-state index in [1.54, 1.807) is 0 Å². The van der Waals surface area contributed by atoms with Gasteiger partial charge in [-0.2, -0.15) is 0 Å². The Morgan fingerprint density at radius 1 is 1.29 bits per heavy atom. The van der Waals surface area contributed by atoms with Gasteiger partial charge in [0.2, 0.25) is 0 Å². The minimum Gasteiger partial charge on any atom is -0.475 e. The molecule has 0 aliphatic heterocycles. The number of hydrogen-bond donors (Lipinski definition) is 1. The van der Waals surface area contributed by atoms with Gasteiger partial charge in [0.25, 0.3) is 5.78 Å². The van der Waals surface area contributed by atoms with Gasteiger partial charge in [0.15, 0.2) is 0 Å². The van der Waals surface area contributed by atoms with Crippen molar-refractivity contribution < 1.29 is 14.7 Å². The lowest BCUT2D eigenvalue weighted by atomic mass is 10.1. The first-order chi connectivity index (χ1) is 6.65. The average Bonchev–Trinajstić information content (AvgIpc) is 2.18. The van der Waals surface area contributed by atoms with Crippen molar-refractivity contribution in [3.8, 4) is 0 Å². The molecular formula is C8H5N3O3. The fraction of sp³-hybridized carbons (Fsp3) is 0. The van der Waals surface area contributed by atoms with Crippen LogP contribution in [0.25, 0.3) is 10.4 Å². The summed E-state index contributed by atoms with van der Waals surface area (Å²) in [6.45, 7) is 0. The summed E-state index contributed by atoms with van der Waals surface area (Å²) in [7, 11) is 0. The van der Waals surface area contributed by atoms with E-state index in [2.05, 4.69) is 10.0 Å². The summed E-state index contributed by atoms with van der Waals surface area (Å²) in [5.74, 6) is -2.50. The molecule has 6 nitrogen and oxygen atoms in total.